The van der Waals surface area contributed by atoms with Crippen molar-refractivity contribution in [3.63, 3.8) is 0 Å². The van der Waals surface area contributed by atoms with Crippen LogP contribution in [0.5, 0.6) is 0 Å². The maximum atomic E-state index is 13.2. The van der Waals surface area contributed by atoms with E-state index < -0.39 is 5.60 Å². The molecular weight excluding hydrogens is 366 g/mol. The standard InChI is InChI=1S/C21H25NO2S.ClH/c1-2-22-15-9-14-19(16-22)25-20(23)21(24,17-10-5-3-6-11-17)18-12-7-4-8-13-18;/h3-8,10-13,19,24H,2,9,14-16H2,1H3;1H. The van der Waals surface area contributed by atoms with Crippen LogP contribution in [0.3, 0.4) is 0 Å². The van der Waals surface area contributed by atoms with Crippen molar-refractivity contribution in [2.75, 3.05) is 19.6 Å². The molecule has 2 aromatic carbocycles. The molecular formula is C21H26ClNO2S. The highest BCUT2D eigenvalue weighted by molar-refractivity contribution is 8.14. The fraction of sp³-hybridized carbons (Fsp3) is 0.381. The molecule has 5 heteroatoms. The van der Waals surface area contributed by atoms with Crippen LogP contribution in [-0.2, 0) is 10.4 Å². The number of nitrogens with zero attached hydrogens (tertiary/aromatic N) is 1. The molecule has 1 N–H and O–H groups in total. The van der Waals surface area contributed by atoms with Gasteiger partial charge in [0.25, 0.3) is 0 Å². The molecule has 0 bridgehead atoms. The lowest BCUT2D eigenvalue weighted by Gasteiger charge is -2.33. The Hall–Kier alpha value is -1.33. The van der Waals surface area contributed by atoms with E-state index in [1.54, 1.807) is 0 Å². The minimum Gasteiger partial charge on any atom is -0.372 e. The average molecular weight is 392 g/mol. The summed E-state index contributed by atoms with van der Waals surface area (Å²) >= 11 is 1.31. The molecule has 1 heterocycles. The van der Waals surface area contributed by atoms with Gasteiger partial charge in [-0.3, -0.25) is 4.79 Å². The van der Waals surface area contributed by atoms with Crippen molar-refractivity contribution < 1.29 is 9.90 Å². The van der Waals surface area contributed by atoms with E-state index in [1.807, 2.05) is 60.7 Å². The zero-order valence-electron chi connectivity index (χ0n) is 15.0. The normalized spacial score (nSPS) is 18.2. The summed E-state index contributed by atoms with van der Waals surface area (Å²) < 4.78 is 0. The number of likely N-dealkylation sites (tertiary alicyclic amines) is 1. The first-order valence-corrected chi connectivity index (χ1v) is 9.79. The highest BCUT2D eigenvalue weighted by Crippen LogP contribution is 2.37. The Labute approximate surface area is 166 Å². The second kappa shape index (κ2) is 9.56. The molecule has 1 atom stereocenters. The SMILES string of the molecule is CCN1CCCC(SC(=O)C(O)(c2ccccc2)c2ccccc2)C1.Cl. The number of halogens is 1. The fourth-order valence-corrected chi connectivity index (χ4v) is 4.67. The van der Waals surface area contributed by atoms with E-state index in [0.29, 0.717) is 11.1 Å². The summed E-state index contributed by atoms with van der Waals surface area (Å²) in [6.45, 7) is 5.17. The van der Waals surface area contributed by atoms with Crippen LogP contribution in [0, 0.1) is 0 Å². The van der Waals surface area contributed by atoms with Gasteiger partial charge in [0.1, 0.15) is 0 Å². The fourth-order valence-electron chi connectivity index (χ4n) is 3.39. The van der Waals surface area contributed by atoms with Crippen LogP contribution in [0.2, 0.25) is 0 Å². The van der Waals surface area contributed by atoms with E-state index in [9.17, 15) is 9.90 Å². The summed E-state index contributed by atoms with van der Waals surface area (Å²) in [4.78, 5) is 15.6. The van der Waals surface area contributed by atoms with Gasteiger partial charge in [-0.15, -0.1) is 12.4 Å². The second-order valence-electron chi connectivity index (χ2n) is 6.51. The smallest absolute Gasteiger partial charge is 0.230 e. The lowest BCUT2D eigenvalue weighted by molar-refractivity contribution is -0.124. The Balaban J connectivity index is 0.00000243. The van der Waals surface area contributed by atoms with Crippen LogP contribution in [-0.4, -0.2) is 40.0 Å². The van der Waals surface area contributed by atoms with E-state index in [-0.39, 0.29) is 22.8 Å². The molecule has 0 aromatic heterocycles. The Morgan fingerprint density at radius 3 is 2.15 bits per heavy atom. The molecule has 26 heavy (non-hydrogen) atoms. The summed E-state index contributed by atoms with van der Waals surface area (Å²) in [5.41, 5.74) is -0.356. The average Bonchev–Trinajstić information content (AvgIpc) is 2.68. The Bertz CT molecular complexity index is 656. The molecule has 0 saturated carbocycles. The molecule has 1 unspecified atom stereocenters. The van der Waals surface area contributed by atoms with Crippen LogP contribution in [0.4, 0.5) is 0 Å². The summed E-state index contributed by atoms with van der Waals surface area (Å²) in [5, 5.41) is 11.5. The summed E-state index contributed by atoms with van der Waals surface area (Å²) in [6, 6.07) is 18.5. The van der Waals surface area contributed by atoms with Gasteiger partial charge in [0.05, 0.1) is 0 Å². The molecule has 140 valence electrons. The van der Waals surface area contributed by atoms with E-state index in [4.69, 9.17) is 0 Å². The first kappa shape index (κ1) is 21.0. The monoisotopic (exact) mass is 391 g/mol. The number of hydrogen-bond acceptors (Lipinski definition) is 4. The third-order valence-electron chi connectivity index (χ3n) is 4.86. The van der Waals surface area contributed by atoms with E-state index in [2.05, 4.69) is 11.8 Å². The van der Waals surface area contributed by atoms with Gasteiger partial charge in [0.2, 0.25) is 5.12 Å². The van der Waals surface area contributed by atoms with E-state index in [0.717, 1.165) is 32.5 Å². The minimum absolute atomic E-state index is 0. The van der Waals surface area contributed by atoms with Gasteiger partial charge in [-0.25, -0.2) is 0 Å². The topological polar surface area (TPSA) is 40.5 Å². The van der Waals surface area contributed by atoms with Gasteiger partial charge >= 0.3 is 0 Å². The molecule has 0 amide bonds. The highest BCUT2D eigenvalue weighted by Gasteiger charge is 2.41. The number of rotatable bonds is 5. The zero-order valence-corrected chi connectivity index (χ0v) is 16.6. The van der Waals surface area contributed by atoms with Crippen LogP contribution < -0.4 is 0 Å². The molecule has 2 aromatic rings. The van der Waals surface area contributed by atoms with Crippen LogP contribution in [0.1, 0.15) is 30.9 Å². The van der Waals surface area contributed by atoms with Gasteiger partial charge in [0.15, 0.2) is 5.60 Å². The van der Waals surface area contributed by atoms with Crippen LogP contribution in [0.15, 0.2) is 60.7 Å². The third-order valence-corrected chi connectivity index (χ3v) is 6.09. The van der Waals surface area contributed by atoms with Crippen molar-refractivity contribution >= 4 is 29.3 Å². The molecule has 3 rings (SSSR count). The molecule has 1 aliphatic heterocycles. The molecule has 0 radical (unpaired) electrons. The quantitative estimate of drug-likeness (QED) is 0.833. The predicted octanol–water partition coefficient (Wildman–Crippen LogP) is 4.09. The van der Waals surface area contributed by atoms with Crippen molar-refractivity contribution in [2.45, 2.75) is 30.6 Å². The number of thioether (sulfide) groups is 1. The number of benzene rings is 2. The summed E-state index contributed by atoms with van der Waals surface area (Å²) in [7, 11) is 0. The number of carbonyl (C=O) groups excluding carboxylic acids is 1. The summed E-state index contributed by atoms with van der Waals surface area (Å²) in [5.74, 6) is 0. The first-order chi connectivity index (χ1) is 12.1. The van der Waals surface area contributed by atoms with Gasteiger partial charge in [0, 0.05) is 11.8 Å². The Morgan fingerprint density at radius 2 is 1.65 bits per heavy atom. The molecule has 1 saturated heterocycles. The molecule has 0 aliphatic carbocycles. The Morgan fingerprint density at radius 1 is 1.12 bits per heavy atom. The maximum Gasteiger partial charge on any atom is 0.230 e. The molecule has 3 nitrogen and oxygen atoms in total. The van der Waals surface area contributed by atoms with Gasteiger partial charge in [-0.2, -0.15) is 0 Å². The third kappa shape index (κ3) is 4.49. The largest absolute Gasteiger partial charge is 0.372 e. The van der Waals surface area contributed by atoms with Crippen molar-refractivity contribution in [3.05, 3.63) is 71.8 Å². The highest BCUT2D eigenvalue weighted by atomic mass is 35.5. The molecule has 1 aliphatic rings. The molecule has 1 fully saturated rings. The van der Waals surface area contributed by atoms with Gasteiger partial charge < -0.3 is 10.0 Å². The van der Waals surface area contributed by atoms with Crippen LogP contribution in [0.25, 0.3) is 0 Å². The van der Waals surface area contributed by atoms with Crippen molar-refractivity contribution in [3.8, 4) is 0 Å². The number of piperidine rings is 1. The van der Waals surface area contributed by atoms with Crippen molar-refractivity contribution in [2.24, 2.45) is 0 Å². The maximum absolute atomic E-state index is 13.2. The number of carbonyl (C=O) groups is 1. The molecule has 0 spiro atoms. The zero-order chi connectivity index (χ0) is 17.7. The minimum atomic E-state index is -1.61. The van der Waals surface area contributed by atoms with Crippen molar-refractivity contribution in [1.29, 1.82) is 0 Å². The number of hydrogen-bond donors (Lipinski definition) is 1. The van der Waals surface area contributed by atoms with E-state index in [1.165, 1.54) is 11.8 Å². The number of aliphatic hydroxyl groups is 1. The van der Waals surface area contributed by atoms with Crippen LogP contribution >= 0.6 is 24.2 Å². The first-order valence-electron chi connectivity index (χ1n) is 8.91. The Kier molecular flexibility index (Phi) is 7.71. The van der Waals surface area contributed by atoms with Gasteiger partial charge in [-0.1, -0.05) is 79.3 Å². The van der Waals surface area contributed by atoms with Crippen molar-refractivity contribution in [1.82, 2.24) is 4.90 Å². The van der Waals surface area contributed by atoms with E-state index >= 15 is 0 Å². The summed E-state index contributed by atoms with van der Waals surface area (Å²) in [6.07, 6.45) is 2.13. The predicted molar refractivity (Wildman–Crippen MR) is 111 cm³/mol. The lowest BCUT2D eigenvalue weighted by atomic mass is 9.87. The van der Waals surface area contributed by atoms with Gasteiger partial charge in [-0.05, 0) is 37.1 Å². The lowest BCUT2D eigenvalue weighted by Crippen LogP contribution is -2.40. The second-order valence-corrected chi connectivity index (χ2v) is 7.78.